The molecule has 0 saturated carbocycles. The fraction of sp³-hybridized carbons (Fsp3) is 1.00. The molecule has 0 aromatic heterocycles. The third-order valence-electron chi connectivity index (χ3n) is 3.02. The number of aliphatic hydroxyl groups excluding tert-OH is 1. The van der Waals surface area contributed by atoms with Crippen molar-refractivity contribution >= 4 is 0 Å². The van der Waals surface area contributed by atoms with Crippen LogP contribution in [0.4, 0.5) is 0 Å². The molecule has 3 nitrogen and oxygen atoms in total. The summed E-state index contributed by atoms with van der Waals surface area (Å²) in [6.45, 7) is 4.47. The van der Waals surface area contributed by atoms with Gasteiger partial charge in [-0.15, -0.1) is 0 Å². The summed E-state index contributed by atoms with van der Waals surface area (Å²) in [7, 11) is 3.69. The second-order valence-electron chi connectivity index (χ2n) is 4.99. The molecule has 0 rings (SSSR count). The molecular formula is C14H31NO2. The summed E-state index contributed by atoms with van der Waals surface area (Å²) in [5, 5.41) is 9.55. The normalized spacial score (nSPS) is 13.2. The van der Waals surface area contributed by atoms with E-state index < -0.39 is 0 Å². The molecule has 1 N–H and O–H groups in total. The predicted octanol–water partition coefficient (Wildman–Crippen LogP) is 2.68. The number of aliphatic hydroxyl groups is 1. The molecule has 0 radical (unpaired) electrons. The van der Waals surface area contributed by atoms with Crippen LogP contribution in [0.3, 0.4) is 0 Å². The Balaban J connectivity index is 3.24. The SMILES string of the molecule is CCCCCCCCCN(C)CC(O)COC. The number of unbranched alkanes of at least 4 members (excludes halogenated alkanes) is 6. The molecular weight excluding hydrogens is 214 g/mol. The number of hydrogen-bond acceptors (Lipinski definition) is 3. The first-order valence-corrected chi connectivity index (χ1v) is 7.06. The molecule has 0 fully saturated rings. The molecule has 0 saturated heterocycles. The molecule has 0 heterocycles. The molecule has 3 heteroatoms. The van der Waals surface area contributed by atoms with Crippen molar-refractivity contribution in [2.75, 3.05) is 33.9 Å². The second-order valence-corrected chi connectivity index (χ2v) is 4.99. The molecule has 104 valence electrons. The number of nitrogens with zero attached hydrogens (tertiary/aromatic N) is 1. The summed E-state index contributed by atoms with van der Waals surface area (Å²) in [4.78, 5) is 2.19. The van der Waals surface area contributed by atoms with E-state index >= 15 is 0 Å². The molecule has 0 amide bonds. The Hall–Kier alpha value is -0.120. The van der Waals surface area contributed by atoms with Gasteiger partial charge in [-0.3, -0.25) is 0 Å². The quantitative estimate of drug-likeness (QED) is 0.537. The van der Waals surface area contributed by atoms with E-state index in [2.05, 4.69) is 18.9 Å². The van der Waals surface area contributed by atoms with E-state index in [4.69, 9.17) is 4.74 Å². The van der Waals surface area contributed by atoms with Crippen molar-refractivity contribution in [1.82, 2.24) is 4.90 Å². The zero-order valence-electron chi connectivity index (χ0n) is 12.0. The first-order valence-electron chi connectivity index (χ1n) is 7.06. The Bertz CT molecular complexity index is 153. The van der Waals surface area contributed by atoms with Gasteiger partial charge in [-0.2, -0.15) is 0 Å². The summed E-state index contributed by atoms with van der Waals surface area (Å²) < 4.78 is 4.91. The molecule has 0 spiro atoms. The van der Waals surface area contributed by atoms with Crippen LogP contribution in [0.25, 0.3) is 0 Å². The first kappa shape index (κ1) is 16.9. The van der Waals surface area contributed by atoms with Gasteiger partial charge in [-0.1, -0.05) is 45.4 Å². The van der Waals surface area contributed by atoms with Crippen LogP contribution >= 0.6 is 0 Å². The van der Waals surface area contributed by atoms with Gasteiger partial charge in [-0.05, 0) is 20.0 Å². The number of ether oxygens (including phenoxy) is 1. The lowest BCUT2D eigenvalue weighted by Gasteiger charge is -2.19. The van der Waals surface area contributed by atoms with E-state index in [1.165, 1.54) is 44.9 Å². The first-order chi connectivity index (χ1) is 8.20. The smallest absolute Gasteiger partial charge is 0.0899 e. The van der Waals surface area contributed by atoms with Crippen molar-refractivity contribution in [3.8, 4) is 0 Å². The van der Waals surface area contributed by atoms with Crippen LogP contribution in [0.1, 0.15) is 51.9 Å². The van der Waals surface area contributed by atoms with Crippen molar-refractivity contribution in [2.24, 2.45) is 0 Å². The van der Waals surface area contributed by atoms with E-state index in [1.54, 1.807) is 7.11 Å². The highest BCUT2D eigenvalue weighted by Crippen LogP contribution is 2.07. The minimum absolute atomic E-state index is 0.352. The fourth-order valence-electron chi connectivity index (χ4n) is 2.03. The van der Waals surface area contributed by atoms with Gasteiger partial charge >= 0.3 is 0 Å². The maximum absolute atomic E-state index is 9.55. The minimum atomic E-state index is -0.352. The summed E-state index contributed by atoms with van der Waals surface area (Å²) in [6, 6.07) is 0. The molecule has 0 bridgehead atoms. The monoisotopic (exact) mass is 245 g/mol. The molecule has 0 aliphatic carbocycles. The summed E-state index contributed by atoms with van der Waals surface area (Å²) >= 11 is 0. The topological polar surface area (TPSA) is 32.7 Å². The average Bonchev–Trinajstić information content (AvgIpc) is 2.28. The highest BCUT2D eigenvalue weighted by Gasteiger charge is 2.06. The van der Waals surface area contributed by atoms with Gasteiger partial charge < -0.3 is 14.7 Å². The van der Waals surface area contributed by atoms with Crippen molar-refractivity contribution in [3.63, 3.8) is 0 Å². The van der Waals surface area contributed by atoms with Gasteiger partial charge in [-0.25, -0.2) is 0 Å². The van der Waals surface area contributed by atoms with Crippen LogP contribution in [0.15, 0.2) is 0 Å². The van der Waals surface area contributed by atoms with E-state index in [-0.39, 0.29) is 6.10 Å². The van der Waals surface area contributed by atoms with Crippen molar-refractivity contribution in [1.29, 1.82) is 0 Å². The lowest BCUT2D eigenvalue weighted by molar-refractivity contribution is 0.0430. The fourth-order valence-corrected chi connectivity index (χ4v) is 2.03. The largest absolute Gasteiger partial charge is 0.389 e. The Morgan fingerprint density at radius 3 is 2.24 bits per heavy atom. The molecule has 0 aliphatic rings. The van der Waals surface area contributed by atoms with E-state index in [1.807, 2.05) is 0 Å². The molecule has 0 aromatic carbocycles. The highest BCUT2D eigenvalue weighted by atomic mass is 16.5. The van der Waals surface area contributed by atoms with Gasteiger partial charge in [0.1, 0.15) is 0 Å². The van der Waals surface area contributed by atoms with Gasteiger partial charge in [0.25, 0.3) is 0 Å². The molecule has 17 heavy (non-hydrogen) atoms. The maximum atomic E-state index is 9.55. The summed E-state index contributed by atoms with van der Waals surface area (Å²) in [5.74, 6) is 0. The van der Waals surface area contributed by atoms with E-state index in [0.717, 1.165) is 6.54 Å². The lowest BCUT2D eigenvalue weighted by atomic mass is 10.1. The second kappa shape index (κ2) is 12.3. The van der Waals surface area contributed by atoms with Crippen LogP contribution < -0.4 is 0 Å². The van der Waals surface area contributed by atoms with Crippen LogP contribution in [0, 0.1) is 0 Å². The van der Waals surface area contributed by atoms with Gasteiger partial charge in [0.15, 0.2) is 0 Å². The third kappa shape index (κ3) is 12.1. The average molecular weight is 245 g/mol. The molecule has 1 atom stereocenters. The highest BCUT2D eigenvalue weighted by molar-refractivity contribution is 4.60. The number of rotatable bonds is 12. The Labute approximate surface area is 107 Å². The number of methoxy groups -OCH3 is 1. The van der Waals surface area contributed by atoms with Crippen LogP contribution in [-0.4, -0.2) is 50.0 Å². The summed E-state index contributed by atoms with van der Waals surface area (Å²) in [6.07, 6.45) is 9.02. The molecule has 0 aliphatic heterocycles. The van der Waals surface area contributed by atoms with Gasteiger partial charge in [0.2, 0.25) is 0 Å². The number of hydrogen-bond donors (Lipinski definition) is 1. The Morgan fingerprint density at radius 1 is 1.06 bits per heavy atom. The zero-order valence-corrected chi connectivity index (χ0v) is 12.0. The predicted molar refractivity (Wildman–Crippen MR) is 73.4 cm³/mol. The maximum Gasteiger partial charge on any atom is 0.0899 e. The van der Waals surface area contributed by atoms with E-state index in [0.29, 0.717) is 13.2 Å². The zero-order chi connectivity index (χ0) is 12.9. The van der Waals surface area contributed by atoms with Gasteiger partial charge in [0, 0.05) is 13.7 Å². The minimum Gasteiger partial charge on any atom is -0.389 e. The van der Waals surface area contributed by atoms with Crippen molar-refractivity contribution in [3.05, 3.63) is 0 Å². The number of likely N-dealkylation sites (N-methyl/N-ethyl adjacent to an activating group) is 1. The van der Waals surface area contributed by atoms with Crippen molar-refractivity contribution < 1.29 is 9.84 Å². The van der Waals surface area contributed by atoms with Gasteiger partial charge in [0.05, 0.1) is 12.7 Å². The van der Waals surface area contributed by atoms with E-state index in [9.17, 15) is 5.11 Å². The van der Waals surface area contributed by atoms with Crippen LogP contribution in [0.5, 0.6) is 0 Å². The lowest BCUT2D eigenvalue weighted by Crippen LogP contribution is -2.32. The standard InChI is InChI=1S/C14H31NO2/c1-4-5-6-7-8-9-10-11-15(2)12-14(16)13-17-3/h14,16H,4-13H2,1-3H3. The summed E-state index contributed by atoms with van der Waals surface area (Å²) in [5.41, 5.74) is 0. The Kier molecular flexibility index (Phi) is 12.3. The van der Waals surface area contributed by atoms with Crippen molar-refractivity contribution in [2.45, 2.75) is 58.0 Å². The molecule has 1 unspecified atom stereocenters. The Morgan fingerprint density at radius 2 is 1.65 bits per heavy atom. The van der Waals surface area contributed by atoms with Crippen LogP contribution in [-0.2, 0) is 4.74 Å². The molecule has 0 aromatic rings. The van der Waals surface area contributed by atoms with Crippen LogP contribution in [0.2, 0.25) is 0 Å². The third-order valence-corrected chi connectivity index (χ3v) is 3.02.